The molecule has 66 valence electrons. The van der Waals surface area contributed by atoms with E-state index in [1.807, 2.05) is 5.32 Å². The van der Waals surface area contributed by atoms with Gasteiger partial charge in [-0.25, -0.2) is 9.79 Å². The van der Waals surface area contributed by atoms with E-state index >= 15 is 0 Å². The number of carbonyl (C=O) groups is 1. The Morgan fingerprint density at radius 3 is 2.75 bits per heavy atom. The number of aliphatic imine (C=N–C) groups is 1. The number of nitrogens with one attached hydrogen (secondary N) is 1. The lowest BCUT2D eigenvalue weighted by Gasteiger charge is -1.92. The molecule has 1 heterocycles. The van der Waals surface area contributed by atoms with Crippen LogP contribution in [0, 0.1) is 0 Å². The van der Waals surface area contributed by atoms with Gasteiger partial charge in [0, 0.05) is 14.9 Å². The molecule has 1 aliphatic rings. The fourth-order valence-electron chi connectivity index (χ4n) is 0.525. The third kappa shape index (κ3) is 2.17. The largest absolute Gasteiger partial charge is 0.465 e. The van der Waals surface area contributed by atoms with Crippen molar-refractivity contribution in [2.45, 2.75) is 0 Å². The minimum absolute atomic E-state index is 0.0510. The SMILES string of the molecule is O=C(O)NC1=CS(=S(=O)=O)C=N1. The van der Waals surface area contributed by atoms with Crippen LogP contribution < -0.4 is 5.32 Å². The van der Waals surface area contributed by atoms with Crippen LogP contribution in [0.5, 0.6) is 0 Å². The van der Waals surface area contributed by atoms with Gasteiger partial charge in [-0.3, -0.25) is 5.32 Å². The summed E-state index contributed by atoms with van der Waals surface area (Å²) < 4.78 is 20.7. The fourth-order valence-corrected chi connectivity index (χ4v) is 2.14. The average Bonchev–Trinajstić information content (AvgIpc) is 2.34. The smallest absolute Gasteiger partial charge is 0.410 e. The predicted molar refractivity (Wildman–Crippen MR) is 44.0 cm³/mol. The maximum absolute atomic E-state index is 10.3. The molecule has 0 bridgehead atoms. The van der Waals surface area contributed by atoms with Crippen molar-refractivity contribution in [3.63, 3.8) is 0 Å². The van der Waals surface area contributed by atoms with Crippen molar-refractivity contribution in [1.29, 1.82) is 0 Å². The van der Waals surface area contributed by atoms with E-state index in [4.69, 9.17) is 5.11 Å². The summed E-state index contributed by atoms with van der Waals surface area (Å²) >= 11 is 0. The summed E-state index contributed by atoms with van der Waals surface area (Å²) in [6.07, 6.45) is -1.26. The van der Waals surface area contributed by atoms with Gasteiger partial charge >= 0.3 is 6.09 Å². The Balaban J connectivity index is 2.90. The summed E-state index contributed by atoms with van der Waals surface area (Å²) in [6.45, 7) is 0. The molecule has 0 spiro atoms. The Morgan fingerprint density at radius 1 is 1.67 bits per heavy atom. The molecule has 0 fully saturated rings. The quantitative estimate of drug-likeness (QED) is 0.607. The first-order valence-corrected chi connectivity index (χ1v) is 5.61. The van der Waals surface area contributed by atoms with Gasteiger partial charge in [0.2, 0.25) is 9.26 Å². The molecule has 2 N–H and O–H groups in total. The highest BCUT2D eigenvalue weighted by molar-refractivity contribution is 8.42. The lowest BCUT2D eigenvalue weighted by Crippen LogP contribution is -2.17. The molecule has 1 atom stereocenters. The summed E-state index contributed by atoms with van der Waals surface area (Å²) in [5, 5.41) is 11.4. The van der Waals surface area contributed by atoms with Crippen LogP contribution in [0.3, 0.4) is 0 Å². The van der Waals surface area contributed by atoms with E-state index in [1.54, 1.807) is 0 Å². The zero-order valence-corrected chi connectivity index (χ0v) is 7.22. The molecule has 1 rings (SSSR count). The number of hydrogen-bond acceptors (Lipinski definition) is 4. The van der Waals surface area contributed by atoms with Crippen LogP contribution in [-0.2, 0) is 18.7 Å². The normalized spacial score (nSPS) is 20.3. The Hall–Kier alpha value is -1.15. The lowest BCUT2D eigenvalue weighted by atomic mass is 10.8. The Kier molecular flexibility index (Phi) is 2.61. The van der Waals surface area contributed by atoms with Gasteiger partial charge in [0.25, 0.3) is 0 Å². The standard InChI is InChI=1S/C4H4N2O4S2/c7-4(8)6-3-1-11(2-5-3)12(9)10/h1-2,6H,(H,7,8). The van der Waals surface area contributed by atoms with Crippen molar-refractivity contribution < 1.29 is 18.3 Å². The maximum atomic E-state index is 10.3. The Labute approximate surface area is 70.7 Å². The molecule has 0 aromatic heterocycles. The molecule has 1 amide bonds. The highest BCUT2D eigenvalue weighted by Crippen LogP contribution is 2.02. The van der Waals surface area contributed by atoms with E-state index < -0.39 is 24.8 Å². The van der Waals surface area contributed by atoms with Crippen LogP contribution in [0.2, 0.25) is 0 Å². The predicted octanol–water partition coefficient (Wildman–Crippen LogP) is -0.493. The average molecular weight is 208 g/mol. The highest BCUT2D eigenvalue weighted by atomic mass is 32.9. The monoisotopic (exact) mass is 208 g/mol. The van der Waals surface area contributed by atoms with Gasteiger partial charge < -0.3 is 5.11 Å². The zero-order valence-electron chi connectivity index (χ0n) is 5.59. The highest BCUT2D eigenvalue weighted by Gasteiger charge is 2.06. The number of amides is 1. The van der Waals surface area contributed by atoms with Crippen LogP contribution in [0.15, 0.2) is 16.2 Å². The molecule has 12 heavy (non-hydrogen) atoms. The van der Waals surface area contributed by atoms with Crippen LogP contribution in [0.25, 0.3) is 0 Å². The van der Waals surface area contributed by atoms with Gasteiger partial charge in [0.05, 0.1) is 5.55 Å². The van der Waals surface area contributed by atoms with Crippen molar-refractivity contribution in [3.05, 3.63) is 11.2 Å². The van der Waals surface area contributed by atoms with Crippen LogP contribution in [-0.4, -0.2) is 25.2 Å². The van der Waals surface area contributed by atoms with Gasteiger partial charge in [0.15, 0.2) is 0 Å². The number of hydrogen-bond donors (Lipinski definition) is 2. The molecule has 0 aromatic carbocycles. The lowest BCUT2D eigenvalue weighted by molar-refractivity contribution is 0.197. The molecule has 0 aromatic rings. The summed E-state index contributed by atoms with van der Waals surface area (Å²) in [7, 11) is -3.35. The minimum Gasteiger partial charge on any atom is -0.465 e. The third-order valence-electron chi connectivity index (χ3n) is 0.916. The maximum Gasteiger partial charge on any atom is 0.410 e. The van der Waals surface area contributed by atoms with Crippen LogP contribution >= 0.6 is 0 Å². The molecule has 0 saturated heterocycles. The molecule has 0 aliphatic carbocycles. The second kappa shape index (κ2) is 3.50. The topological polar surface area (TPSA) is 95.8 Å². The molecular weight excluding hydrogens is 204 g/mol. The van der Waals surface area contributed by atoms with Crippen molar-refractivity contribution in [1.82, 2.24) is 5.32 Å². The van der Waals surface area contributed by atoms with Gasteiger partial charge in [-0.15, -0.1) is 0 Å². The van der Waals surface area contributed by atoms with E-state index in [1.165, 1.54) is 11.0 Å². The Bertz CT molecular complexity index is 397. The Morgan fingerprint density at radius 2 is 2.33 bits per heavy atom. The first-order chi connectivity index (χ1) is 5.59. The third-order valence-corrected chi connectivity index (χ3v) is 3.49. The van der Waals surface area contributed by atoms with Crippen LogP contribution in [0.4, 0.5) is 4.79 Å². The molecule has 6 nitrogen and oxygen atoms in total. The molecule has 0 saturated carbocycles. The molecule has 8 heteroatoms. The molecular formula is C4H4N2O4S2. The summed E-state index contributed by atoms with van der Waals surface area (Å²) in [5.41, 5.74) is 1.17. The van der Waals surface area contributed by atoms with Crippen molar-refractivity contribution >= 4 is 30.4 Å². The van der Waals surface area contributed by atoms with Crippen LogP contribution in [0.1, 0.15) is 0 Å². The number of carboxylic acid groups (broad SMARTS) is 1. The van der Waals surface area contributed by atoms with Crippen molar-refractivity contribution in [2.24, 2.45) is 4.99 Å². The summed E-state index contributed by atoms with van der Waals surface area (Å²) in [4.78, 5) is 13.6. The fraction of sp³-hybridized carbons (Fsp3) is 0. The second-order valence-corrected chi connectivity index (χ2v) is 5.18. The number of nitrogens with zero attached hydrogens (tertiary/aromatic N) is 1. The van der Waals surface area contributed by atoms with Gasteiger partial charge in [-0.1, -0.05) is 0 Å². The zero-order chi connectivity index (χ0) is 9.14. The summed E-state index contributed by atoms with van der Waals surface area (Å²) in [5.74, 6) is 0.0510. The second-order valence-electron chi connectivity index (χ2n) is 1.70. The van der Waals surface area contributed by atoms with Gasteiger partial charge in [0.1, 0.15) is 5.82 Å². The van der Waals surface area contributed by atoms with E-state index in [2.05, 4.69) is 4.99 Å². The van der Waals surface area contributed by atoms with Gasteiger partial charge in [-0.05, 0) is 0 Å². The van der Waals surface area contributed by atoms with Gasteiger partial charge in [-0.2, -0.15) is 8.42 Å². The first-order valence-electron chi connectivity index (χ1n) is 2.67. The first kappa shape index (κ1) is 8.94. The molecule has 0 radical (unpaired) electrons. The van der Waals surface area contributed by atoms with E-state index in [9.17, 15) is 13.2 Å². The van der Waals surface area contributed by atoms with E-state index in [0.717, 1.165) is 0 Å². The van der Waals surface area contributed by atoms with Crippen molar-refractivity contribution in [3.8, 4) is 0 Å². The minimum atomic E-state index is -2.26. The molecule has 1 aliphatic heterocycles. The van der Waals surface area contributed by atoms with E-state index in [0.29, 0.717) is 0 Å². The van der Waals surface area contributed by atoms with E-state index in [-0.39, 0.29) is 5.82 Å². The van der Waals surface area contributed by atoms with Crippen molar-refractivity contribution in [2.75, 3.05) is 0 Å². The number of rotatable bonds is 1. The summed E-state index contributed by atoms with van der Waals surface area (Å²) in [6, 6.07) is 0. The molecule has 1 unspecified atom stereocenters.